The minimum Gasteiger partial charge on any atom is -0.324 e. The first-order valence-corrected chi connectivity index (χ1v) is 9.39. The molecule has 27 heavy (non-hydrogen) atoms. The summed E-state index contributed by atoms with van der Waals surface area (Å²) < 4.78 is 0. The predicted molar refractivity (Wildman–Crippen MR) is 109 cm³/mol. The molecule has 1 heterocycles. The molecule has 0 aliphatic heterocycles. The Morgan fingerprint density at radius 3 is 2.74 bits per heavy atom. The number of nitrogens with one attached hydrogen (secondary N) is 1. The number of pyridine rings is 1. The van der Waals surface area contributed by atoms with Gasteiger partial charge in [0.05, 0.1) is 31.4 Å². The van der Waals surface area contributed by atoms with Gasteiger partial charge in [0, 0.05) is 17.5 Å². The Bertz CT molecular complexity index is 1040. The summed E-state index contributed by atoms with van der Waals surface area (Å²) in [5.74, 6) is -0.310. The van der Waals surface area contributed by atoms with Crippen molar-refractivity contribution < 1.29 is 9.72 Å². The summed E-state index contributed by atoms with van der Waals surface area (Å²) in [7, 11) is 0. The third-order valence-electron chi connectivity index (χ3n) is 3.98. The number of hydrogen-bond donors (Lipinski definition) is 1. The molecule has 138 valence electrons. The fraction of sp³-hybridized carbons (Fsp3) is 0.158. The lowest BCUT2D eigenvalue weighted by Gasteiger charge is -2.13. The fourth-order valence-electron chi connectivity index (χ4n) is 2.57. The summed E-state index contributed by atoms with van der Waals surface area (Å²) in [4.78, 5) is 27.5. The highest BCUT2D eigenvalue weighted by molar-refractivity contribution is 8.00. The zero-order chi connectivity index (χ0) is 19.6. The van der Waals surface area contributed by atoms with Gasteiger partial charge in [-0.1, -0.05) is 41.6 Å². The maximum Gasteiger partial charge on any atom is 0.271 e. The van der Waals surface area contributed by atoms with Crippen molar-refractivity contribution in [1.29, 1.82) is 0 Å². The molecule has 1 N–H and O–H groups in total. The van der Waals surface area contributed by atoms with Gasteiger partial charge in [0.15, 0.2) is 0 Å². The molecule has 0 radical (unpaired) electrons. The number of thioether (sulfide) groups is 1. The topological polar surface area (TPSA) is 85.1 Å². The Balaban J connectivity index is 1.77. The van der Waals surface area contributed by atoms with Crippen LogP contribution >= 0.6 is 23.4 Å². The van der Waals surface area contributed by atoms with Crippen LogP contribution in [-0.4, -0.2) is 21.1 Å². The quantitative estimate of drug-likeness (QED) is 0.359. The molecular formula is C19H16ClN3O3S. The summed E-state index contributed by atoms with van der Waals surface area (Å²) >= 11 is 7.36. The zero-order valence-electron chi connectivity index (χ0n) is 14.6. The third-order valence-corrected chi connectivity index (χ3v) is 5.33. The summed E-state index contributed by atoms with van der Waals surface area (Å²) in [5.41, 5.74) is 2.03. The lowest BCUT2D eigenvalue weighted by atomic mass is 10.1. The lowest BCUT2D eigenvalue weighted by molar-refractivity contribution is -0.384. The van der Waals surface area contributed by atoms with Crippen molar-refractivity contribution in [2.24, 2.45) is 0 Å². The maximum absolute atomic E-state index is 12.5. The van der Waals surface area contributed by atoms with Crippen LogP contribution in [0.1, 0.15) is 12.5 Å². The standard InChI is InChI=1S/C19H16ClN3O3S/c1-11-9-18(21-16-6-4-3-5-14(11)16)27-12(2)19(24)22-17-10-13(23(25)26)7-8-15(17)20/h3-10,12H,1-2H3,(H,22,24)/t12-/m0/s1. The van der Waals surface area contributed by atoms with Crippen molar-refractivity contribution in [3.63, 3.8) is 0 Å². The third kappa shape index (κ3) is 4.37. The van der Waals surface area contributed by atoms with Gasteiger partial charge in [0.25, 0.3) is 5.69 Å². The Morgan fingerprint density at radius 1 is 1.26 bits per heavy atom. The normalized spacial score (nSPS) is 12.0. The van der Waals surface area contributed by atoms with E-state index in [2.05, 4.69) is 10.3 Å². The van der Waals surface area contributed by atoms with E-state index >= 15 is 0 Å². The van der Waals surface area contributed by atoms with E-state index < -0.39 is 10.2 Å². The molecule has 3 aromatic rings. The number of nitrogens with zero attached hydrogens (tertiary/aromatic N) is 2. The van der Waals surface area contributed by atoms with Crippen molar-refractivity contribution in [3.8, 4) is 0 Å². The average molecular weight is 402 g/mol. The van der Waals surface area contributed by atoms with Crippen molar-refractivity contribution in [2.75, 3.05) is 5.32 Å². The van der Waals surface area contributed by atoms with Crippen LogP contribution in [0.5, 0.6) is 0 Å². The summed E-state index contributed by atoms with van der Waals surface area (Å²) in [6, 6.07) is 13.7. The Kier molecular flexibility index (Phi) is 5.62. The molecule has 0 spiro atoms. The summed E-state index contributed by atoms with van der Waals surface area (Å²) in [6.07, 6.45) is 0. The number of carbonyl (C=O) groups is 1. The molecule has 2 aromatic carbocycles. The molecular weight excluding hydrogens is 386 g/mol. The van der Waals surface area contributed by atoms with E-state index in [0.717, 1.165) is 21.5 Å². The largest absolute Gasteiger partial charge is 0.324 e. The molecule has 0 saturated carbocycles. The molecule has 0 aliphatic carbocycles. The molecule has 3 rings (SSSR count). The summed E-state index contributed by atoms with van der Waals surface area (Å²) in [5, 5.41) is 15.1. The molecule has 0 bridgehead atoms. The molecule has 0 aliphatic rings. The Hall–Kier alpha value is -2.64. The molecule has 1 atom stereocenters. The van der Waals surface area contributed by atoms with Crippen molar-refractivity contribution in [3.05, 3.63) is 69.2 Å². The number of nitro groups is 1. The number of amides is 1. The van der Waals surface area contributed by atoms with Crippen molar-refractivity contribution in [2.45, 2.75) is 24.1 Å². The van der Waals surface area contributed by atoms with Gasteiger partial charge in [-0.05, 0) is 37.6 Å². The first kappa shape index (κ1) is 19.1. The number of carbonyl (C=O) groups excluding carboxylic acids is 1. The number of rotatable bonds is 5. The molecule has 0 unspecified atom stereocenters. The van der Waals surface area contributed by atoms with Gasteiger partial charge in [-0.3, -0.25) is 14.9 Å². The van der Waals surface area contributed by atoms with Crippen molar-refractivity contribution in [1.82, 2.24) is 4.98 Å². The number of fused-ring (bicyclic) bond motifs is 1. The Labute approximate surface area is 165 Å². The van der Waals surface area contributed by atoms with Crippen LogP contribution in [0.25, 0.3) is 10.9 Å². The van der Waals surface area contributed by atoms with Crippen molar-refractivity contribution >= 4 is 51.5 Å². The lowest BCUT2D eigenvalue weighted by Crippen LogP contribution is -2.22. The number of para-hydroxylation sites is 1. The van der Waals surface area contributed by atoms with Crippen LogP contribution in [0.3, 0.4) is 0 Å². The number of aromatic nitrogens is 1. The van der Waals surface area contributed by atoms with E-state index in [1.54, 1.807) is 6.92 Å². The SMILES string of the molecule is Cc1cc(S[C@@H](C)C(=O)Nc2cc([N+](=O)[O-])ccc2Cl)nc2ccccc12. The van der Waals surface area contributed by atoms with Gasteiger partial charge in [0.1, 0.15) is 0 Å². The number of benzene rings is 2. The minimum atomic E-state index is -0.536. The van der Waals surface area contributed by atoms with E-state index in [4.69, 9.17) is 11.6 Å². The van der Waals surface area contributed by atoms with E-state index in [-0.39, 0.29) is 22.3 Å². The second kappa shape index (κ2) is 7.94. The first-order valence-electron chi connectivity index (χ1n) is 8.13. The van der Waals surface area contributed by atoms with Crippen LogP contribution in [0.4, 0.5) is 11.4 Å². The second-order valence-corrected chi connectivity index (χ2v) is 7.73. The average Bonchev–Trinajstić information content (AvgIpc) is 2.63. The Morgan fingerprint density at radius 2 is 2.00 bits per heavy atom. The van der Waals surface area contributed by atoms with Crippen LogP contribution in [-0.2, 0) is 4.79 Å². The second-order valence-electron chi connectivity index (χ2n) is 5.97. The van der Waals surface area contributed by atoms with E-state index in [0.29, 0.717) is 0 Å². The number of non-ortho nitro benzene ring substituents is 1. The zero-order valence-corrected chi connectivity index (χ0v) is 16.2. The van der Waals surface area contributed by atoms with Gasteiger partial charge in [-0.2, -0.15) is 0 Å². The van der Waals surface area contributed by atoms with Gasteiger partial charge in [0.2, 0.25) is 5.91 Å². The van der Waals surface area contributed by atoms with Gasteiger partial charge in [-0.25, -0.2) is 4.98 Å². The van der Waals surface area contributed by atoms with E-state index in [1.807, 2.05) is 37.3 Å². The maximum atomic E-state index is 12.5. The molecule has 0 fully saturated rings. The minimum absolute atomic E-state index is 0.137. The van der Waals surface area contributed by atoms with Gasteiger partial charge >= 0.3 is 0 Å². The number of anilines is 1. The highest BCUT2D eigenvalue weighted by atomic mass is 35.5. The van der Waals surface area contributed by atoms with Crippen LogP contribution in [0.15, 0.2) is 53.6 Å². The van der Waals surface area contributed by atoms with E-state index in [9.17, 15) is 14.9 Å². The highest BCUT2D eigenvalue weighted by Crippen LogP contribution is 2.30. The van der Waals surface area contributed by atoms with Crippen LogP contribution in [0.2, 0.25) is 5.02 Å². The van der Waals surface area contributed by atoms with Crippen LogP contribution in [0, 0.1) is 17.0 Å². The fourth-order valence-corrected chi connectivity index (χ4v) is 3.66. The molecule has 0 saturated heterocycles. The monoisotopic (exact) mass is 401 g/mol. The van der Waals surface area contributed by atoms with Gasteiger partial charge in [-0.15, -0.1) is 0 Å². The molecule has 1 amide bonds. The van der Waals surface area contributed by atoms with Gasteiger partial charge < -0.3 is 5.32 Å². The highest BCUT2D eigenvalue weighted by Gasteiger charge is 2.18. The van der Waals surface area contributed by atoms with Crippen LogP contribution < -0.4 is 5.32 Å². The number of halogens is 1. The first-order chi connectivity index (χ1) is 12.8. The number of aryl methyl sites for hydroxylation is 1. The number of hydrogen-bond acceptors (Lipinski definition) is 5. The number of nitro benzene ring substituents is 1. The predicted octanol–water partition coefficient (Wildman–Crippen LogP) is 5.22. The molecule has 1 aromatic heterocycles. The molecule has 6 nitrogen and oxygen atoms in total. The smallest absolute Gasteiger partial charge is 0.271 e. The van der Waals surface area contributed by atoms with E-state index in [1.165, 1.54) is 30.0 Å². The summed E-state index contributed by atoms with van der Waals surface area (Å²) in [6.45, 7) is 3.75. The molecule has 8 heteroatoms.